The number of amides is 1. The maximum atomic E-state index is 12.9. The van der Waals surface area contributed by atoms with Crippen LogP contribution in [-0.2, 0) is 18.4 Å². The molecule has 0 saturated heterocycles. The van der Waals surface area contributed by atoms with E-state index in [1.54, 1.807) is 6.08 Å². The zero-order valence-corrected chi connectivity index (χ0v) is 42.7. The minimum Gasteiger partial charge on any atom is -0.756 e. The van der Waals surface area contributed by atoms with Gasteiger partial charge in [-0.25, -0.2) is 0 Å². The highest BCUT2D eigenvalue weighted by Crippen LogP contribution is 2.38. The monoisotopic (exact) mass is 905 g/mol. The van der Waals surface area contributed by atoms with Crippen molar-refractivity contribution in [2.75, 3.05) is 40.9 Å². The highest BCUT2D eigenvalue weighted by atomic mass is 31.2. The first-order valence-electron chi connectivity index (χ1n) is 26.2. The van der Waals surface area contributed by atoms with E-state index in [0.29, 0.717) is 17.4 Å². The van der Waals surface area contributed by atoms with Gasteiger partial charge in [-0.3, -0.25) is 9.36 Å². The lowest BCUT2D eigenvalue weighted by Crippen LogP contribution is -2.45. The van der Waals surface area contributed by atoms with Gasteiger partial charge in [0, 0.05) is 6.42 Å². The van der Waals surface area contributed by atoms with Crippen LogP contribution < -0.4 is 10.2 Å². The van der Waals surface area contributed by atoms with Gasteiger partial charge >= 0.3 is 0 Å². The number of aliphatic hydroxyl groups excluding tert-OH is 1. The largest absolute Gasteiger partial charge is 0.756 e. The van der Waals surface area contributed by atoms with E-state index in [-0.39, 0.29) is 12.5 Å². The molecule has 368 valence electrons. The average molecular weight is 905 g/mol. The number of phosphoric acid groups is 1. The molecule has 0 bridgehead atoms. The summed E-state index contributed by atoms with van der Waals surface area (Å²) in [6, 6.07) is -0.905. The predicted octanol–water partition coefficient (Wildman–Crippen LogP) is 14.7. The molecule has 63 heavy (non-hydrogen) atoms. The number of carbonyl (C=O) groups excluding carboxylic acids is 1. The van der Waals surface area contributed by atoms with Crippen molar-refractivity contribution in [2.45, 2.75) is 238 Å². The van der Waals surface area contributed by atoms with Crippen molar-refractivity contribution in [1.29, 1.82) is 0 Å². The summed E-state index contributed by atoms with van der Waals surface area (Å²) >= 11 is 0. The molecule has 3 unspecified atom stereocenters. The summed E-state index contributed by atoms with van der Waals surface area (Å²) in [7, 11) is 1.24. The van der Waals surface area contributed by atoms with Crippen molar-refractivity contribution < 1.29 is 32.9 Å². The minimum atomic E-state index is -4.60. The van der Waals surface area contributed by atoms with Gasteiger partial charge in [0.15, 0.2) is 0 Å². The normalized spacial score (nSPS) is 14.6. The first-order chi connectivity index (χ1) is 30.5. The fourth-order valence-electron chi connectivity index (χ4n) is 7.29. The molecule has 0 saturated carbocycles. The lowest BCUT2D eigenvalue weighted by atomic mass is 10.0. The Kier molecular flexibility index (Phi) is 44.1. The Morgan fingerprint density at radius 1 is 0.556 bits per heavy atom. The smallest absolute Gasteiger partial charge is 0.268 e. The summed E-state index contributed by atoms with van der Waals surface area (Å²) in [5.41, 5.74) is 0. The topological polar surface area (TPSA) is 108 Å². The summed E-state index contributed by atoms with van der Waals surface area (Å²) in [6.07, 6.45) is 60.0. The molecule has 8 nitrogen and oxygen atoms in total. The molecular formula is C54H101N2O6P. The highest BCUT2D eigenvalue weighted by molar-refractivity contribution is 7.45. The van der Waals surface area contributed by atoms with E-state index in [0.717, 1.165) is 51.4 Å². The SMILES string of the molecule is CCCCCCC/C=C\C/C=C\C/C=C\CCCCCCCCCCCCCCC(=O)NC(COP(=O)([O-])OCC[N+](C)(C)C)C(O)/C=C/CC/C=C/CCCCCCCCCC. The quantitative estimate of drug-likeness (QED) is 0.0273. The second-order valence-corrected chi connectivity index (χ2v) is 20.3. The molecule has 3 atom stereocenters. The lowest BCUT2D eigenvalue weighted by molar-refractivity contribution is -0.870. The van der Waals surface area contributed by atoms with E-state index >= 15 is 0 Å². The van der Waals surface area contributed by atoms with Gasteiger partial charge in [0.2, 0.25) is 5.91 Å². The number of likely N-dealkylation sites (N-methyl/N-ethyl adjacent to an activating group) is 1. The number of phosphoric ester groups is 1. The van der Waals surface area contributed by atoms with Crippen LogP contribution in [0.2, 0.25) is 0 Å². The third-order valence-electron chi connectivity index (χ3n) is 11.4. The van der Waals surface area contributed by atoms with E-state index in [1.165, 1.54) is 154 Å². The number of quaternary nitrogens is 1. The minimum absolute atomic E-state index is 0.00840. The van der Waals surface area contributed by atoms with Crippen molar-refractivity contribution in [3.8, 4) is 0 Å². The number of carbonyl (C=O) groups is 1. The van der Waals surface area contributed by atoms with Gasteiger partial charge in [0.05, 0.1) is 39.9 Å². The van der Waals surface area contributed by atoms with Crippen LogP contribution in [-0.4, -0.2) is 68.5 Å². The molecule has 0 fully saturated rings. The Balaban J connectivity index is 4.23. The molecular weight excluding hydrogens is 804 g/mol. The van der Waals surface area contributed by atoms with E-state index in [4.69, 9.17) is 9.05 Å². The average Bonchev–Trinajstić information content (AvgIpc) is 3.24. The van der Waals surface area contributed by atoms with Gasteiger partial charge < -0.3 is 28.8 Å². The molecule has 0 aromatic heterocycles. The van der Waals surface area contributed by atoms with E-state index in [9.17, 15) is 19.4 Å². The molecule has 1 amide bonds. The van der Waals surface area contributed by atoms with E-state index in [2.05, 4.69) is 67.8 Å². The van der Waals surface area contributed by atoms with Gasteiger partial charge in [-0.05, 0) is 70.6 Å². The zero-order valence-electron chi connectivity index (χ0n) is 41.8. The Morgan fingerprint density at radius 2 is 0.937 bits per heavy atom. The Morgan fingerprint density at radius 3 is 1.40 bits per heavy atom. The first kappa shape index (κ1) is 61.2. The number of unbranched alkanes of at least 4 members (excludes halogenated alkanes) is 26. The molecule has 0 aliphatic carbocycles. The second-order valence-electron chi connectivity index (χ2n) is 18.9. The van der Waals surface area contributed by atoms with Crippen LogP contribution in [0.4, 0.5) is 0 Å². The van der Waals surface area contributed by atoms with Crippen LogP contribution in [0.15, 0.2) is 60.8 Å². The van der Waals surface area contributed by atoms with Gasteiger partial charge in [-0.15, -0.1) is 0 Å². The third-order valence-corrected chi connectivity index (χ3v) is 12.4. The van der Waals surface area contributed by atoms with Gasteiger partial charge in [0.25, 0.3) is 7.82 Å². The fourth-order valence-corrected chi connectivity index (χ4v) is 8.02. The van der Waals surface area contributed by atoms with Crippen molar-refractivity contribution in [1.82, 2.24) is 5.32 Å². The Hall–Kier alpha value is -1.80. The molecule has 9 heteroatoms. The summed E-state index contributed by atoms with van der Waals surface area (Å²) in [4.78, 5) is 25.4. The summed E-state index contributed by atoms with van der Waals surface area (Å²) < 4.78 is 23.2. The molecule has 0 aromatic carbocycles. The second kappa shape index (κ2) is 45.4. The predicted molar refractivity (Wildman–Crippen MR) is 270 cm³/mol. The third kappa shape index (κ3) is 48.0. The Bertz CT molecular complexity index is 1210. The number of allylic oxidation sites excluding steroid dienone is 9. The molecule has 0 aliphatic rings. The van der Waals surface area contributed by atoms with Crippen LogP contribution in [0, 0.1) is 0 Å². The number of hydrogen-bond acceptors (Lipinski definition) is 6. The van der Waals surface area contributed by atoms with Crippen molar-refractivity contribution >= 4 is 13.7 Å². The van der Waals surface area contributed by atoms with Crippen LogP contribution in [0.25, 0.3) is 0 Å². The van der Waals surface area contributed by atoms with Crippen LogP contribution in [0.1, 0.15) is 226 Å². The van der Waals surface area contributed by atoms with Crippen LogP contribution in [0.3, 0.4) is 0 Å². The number of nitrogens with one attached hydrogen (secondary N) is 1. The molecule has 0 heterocycles. The standard InChI is InChI=1S/C54H101N2O6P/c1-6-8-10-12-14-16-18-20-22-23-24-25-26-27-28-29-30-31-32-33-34-36-38-40-42-44-46-48-54(58)55-52(51-62-63(59,60)61-50-49-56(3,4)5)53(57)47-45-43-41-39-37-35-21-19-17-15-13-11-9-7-2/h18,20,23-24,26-27,37,39,45,47,52-53,57H,6-17,19,21-22,25,28-36,38,40-44,46,48-51H2,1-5H3,(H-,55,58,59,60)/b20-18-,24-23-,27-26-,39-37+,47-45+. The fraction of sp³-hybridized carbons (Fsp3) is 0.796. The highest BCUT2D eigenvalue weighted by Gasteiger charge is 2.23. The van der Waals surface area contributed by atoms with Gasteiger partial charge in [-0.1, -0.05) is 209 Å². The molecule has 0 spiro atoms. The summed E-state index contributed by atoms with van der Waals surface area (Å²) in [5.74, 6) is -0.211. The lowest BCUT2D eigenvalue weighted by Gasteiger charge is -2.29. The van der Waals surface area contributed by atoms with Crippen molar-refractivity contribution in [2.24, 2.45) is 0 Å². The summed E-state index contributed by atoms with van der Waals surface area (Å²) in [5, 5.41) is 13.8. The van der Waals surface area contributed by atoms with Gasteiger partial charge in [-0.2, -0.15) is 0 Å². The van der Waals surface area contributed by atoms with Crippen molar-refractivity contribution in [3.63, 3.8) is 0 Å². The number of nitrogens with zero attached hydrogens (tertiary/aromatic N) is 1. The molecule has 2 N–H and O–H groups in total. The van der Waals surface area contributed by atoms with Gasteiger partial charge in [0.1, 0.15) is 13.2 Å². The molecule has 0 rings (SSSR count). The molecule has 0 aromatic rings. The zero-order chi connectivity index (χ0) is 46.4. The number of rotatable bonds is 47. The van der Waals surface area contributed by atoms with Crippen LogP contribution >= 0.6 is 7.82 Å². The molecule has 0 radical (unpaired) electrons. The molecule has 0 aliphatic heterocycles. The Labute approximate surface area is 390 Å². The maximum Gasteiger partial charge on any atom is 0.268 e. The van der Waals surface area contributed by atoms with Crippen molar-refractivity contribution in [3.05, 3.63) is 60.8 Å². The summed E-state index contributed by atoms with van der Waals surface area (Å²) in [6.45, 7) is 4.61. The number of hydrogen-bond donors (Lipinski definition) is 2. The van der Waals surface area contributed by atoms with Crippen LogP contribution in [0.5, 0.6) is 0 Å². The van der Waals surface area contributed by atoms with E-state index in [1.807, 2.05) is 27.2 Å². The first-order valence-corrected chi connectivity index (χ1v) is 27.6. The number of aliphatic hydroxyl groups is 1. The van der Waals surface area contributed by atoms with E-state index < -0.39 is 26.6 Å². The maximum absolute atomic E-state index is 12.9.